The molecule has 1 saturated carbocycles. The fourth-order valence-corrected chi connectivity index (χ4v) is 4.13. The van der Waals surface area contributed by atoms with E-state index >= 15 is 0 Å². The van der Waals surface area contributed by atoms with Crippen molar-refractivity contribution in [2.24, 2.45) is 13.0 Å². The molecule has 3 N–H and O–H groups in total. The van der Waals surface area contributed by atoms with E-state index in [1.807, 2.05) is 14.0 Å². The third kappa shape index (κ3) is 2.18. The van der Waals surface area contributed by atoms with E-state index in [4.69, 9.17) is 5.73 Å². The van der Waals surface area contributed by atoms with Gasteiger partial charge in [0.15, 0.2) is 0 Å². The molecule has 2 aromatic rings. The molecule has 20 heavy (non-hydrogen) atoms. The standard InChI is InChI=1S/C14H20N4OS/c1-8-10-11(15)12(20-14(10)18(2)17-8)13(19)16-7-9-5-3-4-6-9/h9H,3-7,15H2,1-2H3,(H,16,19). The highest BCUT2D eigenvalue weighted by atomic mass is 32.1. The van der Waals surface area contributed by atoms with E-state index < -0.39 is 0 Å². The van der Waals surface area contributed by atoms with Gasteiger partial charge in [0, 0.05) is 13.6 Å². The summed E-state index contributed by atoms with van der Waals surface area (Å²) < 4.78 is 1.79. The van der Waals surface area contributed by atoms with Crippen LogP contribution < -0.4 is 11.1 Å². The quantitative estimate of drug-likeness (QED) is 0.912. The normalized spacial score (nSPS) is 16.1. The number of thiophene rings is 1. The molecule has 5 nitrogen and oxygen atoms in total. The van der Waals surface area contributed by atoms with Crippen LogP contribution in [0.2, 0.25) is 0 Å². The van der Waals surface area contributed by atoms with Crippen LogP contribution in [0.3, 0.4) is 0 Å². The van der Waals surface area contributed by atoms with Crippen LogP contribution >= 0.6 is 11.3 Å². The van der Waals surface area contributed by atoms with Gasteiger partial charge >= 0.3 is 0 Å². The highest BCUT2D eigenvalue weighted by Gasteiger charge is 2.22. The molecule has 2 aromatic heterocycles. The van der Waals surface area contributed by atoms with Gasteiger partial charge in [-0.3, -0.25) is 9.48 Å². The Morgan fingerprint density at radius 3 is 2.85 bits per heavy atom. The lowest BCUT2D eigenvalue weighted by Crippen LogP contribution is -2.28. The Hall–Kier alpha value is -1.56. The molecule has 6 heteroatoms. The number of nitrogens with zero attached hydrogens (tertiary/aromatic N) is 2. The van der Waals surface area contributed by atoms with Crippen LogP contribution in [0.4, 0.5) is 5.69 Å². The average Bonchev–Trinajstić information content (AvgIpc) is 3.08. The molecule has 0 saturated heterocycles. The van der Waals surface area contributed by atoms with Crippen molar-refractivity contribution < 1.29 is 4.79 Å². The Kier molecular flexibility index (Phi) is 3.41. The van der Waals surface area contributed by atoms with Gasteiger partial charge in [0.25, 0.3) is 5.91 Å². The van der Waals surface area contributed by atoms with E-state index in [-0.39, 0.29) is 5.91 Å². The van der Waals surface area contributed by atoms with Crippen molar-refractivity contribution in [3.8, 4) is 0 Å². The molecule has 0 aromatic carbocycles. The summed E-state index contributed by atoms with van der Waals surface area (Å²) in [7, 11) is 1.88. The average molecular weight is 292 g/mol. The minimum Gasteiger partial charge on any atom is -0.397 e. The first-order valence-electron chi connectivity index (χ1n) is 7.07. The molecule has 3 rings (SSSR count). The van der Waals surface area contributed by atoms with Crippen molar-refractivity contribution in [2.45, 2.75) is 32.6 Å². The topological polar surface area (TPSA) is 72.9 Å². The van der Waals surface area contributed by atoms with E-state index in [9.17, 15) is 4.79 Å². The fraction of sp³-hybridized carbons (Fsp3) is 0.571. The summed E-state index contributed by atoms with van der Waals surface area (Å²) in [6, 6.07) is 0. The Bertz CT molecular complexity index is 652. The Morgan fingerprint density at radius 1 is 1.50 bits per heavy atom. The third-order valence-corrected chi connectivity index (χ3v) is 5.39. The van der Waals surface area contributed by atoms with Crippen LogP contribution in [-0.2, 0) is 7.05 Å². The van der Waals surface area contributed by atoms with Gasteiger partial charge < -0.3 is 11.1 Å². The van der Waals surface area contributed by atoms with Crippen LogP contribution in [0.15, 0.2) is 0 Å². The van der Waals surface area contributed by atoms with Gasteiger partial charge in [0.05, 0.1) is 16.8 Å². The zero-order valence-corrected chi connectivity index (χ0v) is 12.7. The van der Waals surface area contributed by atoms with E-state index in [2.05, 4.69) is 10.4 Å². The summed E-state index contributed by atoms with van der Waals surface area (Å²) in [5, 5.41) is 8.29. The summed E-state index contributed by atoms with van der Waals surface area (Å²) in [6.45, 7) is 2.69. The molecule has 0 atom stereocenters. The summed E-state index contributed by atoms with van der Waals surface area (Å²) in [4.78, 5) is 13.9. The van der Waals surface area contributed by atoms with Crippen LogP contribution in [0, 0.1) is 12.8 Å². The molecule has 2 heterocycles. The van der Waals surface area contributed by atoms with Gasteiger partial charge in [0.2, 0.25) is 0 Å². The minimum absolute atomic E-state index is 0.0463. The molecule has 1 amide bonds. The number of anilines is 1. The molecule has 0 unspecified atom stereocenters. The maximum absolute atomic E-state index is 12.3. The number of hydrogen-bond acceptors (Lipinski definition) is 4. The molecule has 1 aliphatic rings. The molecule has 108 valence electrons. The molecule has 1 fully saturated rings. The molecule has 0 radical (unpaired) electrons. The number of aromatic nitrogens is 2. The number of aryl methyl sites for hydroxylation is 2. The first-order chi connectivity index (χ1) is 9.58. The first-order valence-corrected chi connectivity index (χ1v) is 7.89. The van der Waals surface area contributed by atoms with Crippen molar-refractivity contribution in [3.63, 3.8) is 0 Å². The molecule has 0 aliphatic heterocycles. The minimum atomic E-state index is -0.0463. The van der Waals surface area contributed by atoms with E-state index in [1.54, 1.807) is 4.68 Å². The summed E-state index contributed by atoms with van der Waals surface area (Å²) in [5.74, 6) is 0.591. The maximum atomic E-state index is 12.3. The van der Waals surface area contributed by atoms with E-state index in [1.165, 1.54) is 37.0 Å². The fourth-order valence-electron chi connectivity index (χ4n) is 3.03. The molecule has 0 spiro atoms. The predicted molar refractivity (Wildman–Crippen MR) is 82.0 cm³/mol. The lowest BCUT2D eigenvalue weighted by molar-refractivity contribution is 0.0952. The zero-order valence-electron chi connectivity index (χ0n) is 11.9. The largest absolute Gasteiger partial charge is 0.397 e. The number of nitrogen functional groups attached to an aromatic ring is 1. The van der Waals surface area contributed by atoms with Gasteiger partial charge in [-0.05, 0) is 25.7 Å². The second-order valence-electron chi connectivity index (χ2n) is 5.59. The summed E-state index contributed by atoms with van der Waals surface area (Å²) >= 11 is 1.43. The molecular formula is C14H20N4OS. The number of nitrogens with one attached hydrogen (secondary N) is 1. The number of carbonyl (C=O) groups excluding carboxylic acids is 1. The monoisotopic (exact) mass is 292 g/mol. The second-order valence-corrected chi connectivity index (χ2v) is 6.59. The molecule has 0 bridgehead atoms. The van der Waals surface area contributed by atoms with Gasteiger partial charge in [-0.1, -0.05) is 12.8 Å². The first kappa shape index (κ1) is 13.4. The van der Waals surface area contributed by atoms with Gasteiger partial charge in [-0.2, -0.15) is 5.10 Å². The zero-order chi connectivity index (χ0) is 14.3. The second kappa shape index (κ2) is 5.09. The summed E-state index contributed by atoms with van der Waals surface area (Å²) in [6.07, 6.45) is 5.03. The van der Waals surface area contributed by atoms with Crippen LogP contribution in [0.5, 0.6) is 0 Å². The SMILES string of the molecule is Cc1nn(C)c2sc(C(=O)NCC3CCCC3)c(N)c12. The Balaban J connectivity index is 1.80. The van der Waals surface area contributed by atoms with Crippen molar-refractivity contribution in [3.05, 3.63) is 10.6 Å². The van der Waals surface area contributed by atoms with Crippen molar-refractivity contribution in [1.82, 2.24) is 15.1 Å². The van der Waals surface area contributed by atoms with Crippen molar-refractivity contribution in [1.29, 1.82) is 0 Å². The number of hydrogen-bond donors (Lipinski definition) is 2. The molecule has 1 aliphatic carbocycles. The molecular weight excluding hydrogens is 272 g/mol. The smallest absolute Gasteiger partial charge is 0.263 e. The van der Waals surface area contributed by atoms with Gasteiger partial charge in [-0.15, -0.1) is 11.3 Å². The third-order valence-electron chi connectivity index (χ3n) is 4.11. The number of amides is 1. The predicted octanol–water partition coefficient (Wildman–Crippen LogP) is 2.45. The van der Waals surface area contributed by atoms with Crippen LogP contribution in [0.25, 0.3) is 10.2 Å². The van der Waals surface area contributed by atoms with Crippen molar-refractivity contribution in [2.75, 3.05) is 12.3 Å². The number of rotatable bonds is 3. The maximum Gasteiger partial charge on any atom is 0.263 e. The van der Waals surface area contributed by atoms with E-state index in [0.29, 0.717) is 16.5 Å². The highest BCUT2D eigenvalue weighted by molar-refractivity contribution is 7.21. The van der Waals surface area contributed by atoms with E-state index in [0.717, 1.165) is 22.5 Å². The Morgan fingerprint density at radius 2 is 2.20 bits per heavy atom. The number of carbonyl (C=O) groups is 1. The van der Waals surface area contributed by atoms with Crippen LogP contribution in [0.1, 0.15) is 41.0 Å². The number of fused-ring (bicyclic) bond motifs is 1. The highest BCUT2D eigenvalue weighted by Crippen LogP contribution is 2.35. The van der Waals surface area contributed by atoms with Crippen molar-refractivity contribution >= 4 is 33.1 Å². The van der Waals surface area contributed by atoms with Gasteiger partial charge in [-0.25, -0.2) is 0 Å². The van der Waals surface area contributed by atoms with Gasteiger partial charge in [0.1, 0.15) is 9.71 Å². The lowest BCUT2D eigenvalue weighted by atomic mass is 10.1. The number of nitrogens with two attached hydrogens (primary N) is 1. The van der Waals surface area contributed by atoms with Crippen LogP contribution in [-0.4, -0.2) is 22.2 Å². The lowest BCUT2D eigenvalue weighted by Gasteiger charge is -2.10. The summed E-state index contributed by atoms with van der Waals surface area (Å²) in [5.41, 5.74) is 7.58. The Labute approximate surface area is 122 Å².